The first-order chi connectivity index (χ1) is 17.6. The fourth-order valence-corrected chi connectivity index (χ4v) is 6.09. The van der Waals surface area contributed by atoms with Crippen molar-refractivity contribution in [1.82, 2.24) is 0 Å². The van der Waals surface area contributed by atoms with E-state index in [0.717, 1.165) is 35.6 Å². The van der Waals surface area contributed by atoms with Crippen LogP contribution in [0, 0.1) is 0 Å². The number of carboxylic acids is 1. The van der Waals surface area contributed by atoms with Gasteiger partial charge in [-0.3, -0.25) is 9.59 Å². The molecule has 36 heavy (non-hydrogen) atoms. The van der Waals surface area contributed by atoms with Crippen molar-refractivity contribution >= 4 is 50.3 Å². The molecule has 0 saturated carbocycles. The lowest BCUT2D eigenvalue weighted by Crippen LogP contribution is -2.11. The molecule has 0 aliphatic carbocycles. The van der Waals surface area contributed by atoms with Gasteiger partial charge >= 0.3 is 5.97 Å². The number of aliphatic carboxylic acids is 1. The van der Waals surface area contributed by atoms with Gasteiger partial charge in [-0.25, -0.2) is 0 Å². The molecule has 6 heteroatoms. The van der Waals surface area contributed by atoms with Crippen LogP contribution in [-0.2, 0) is 9.59 Å². The lowest BCUT2D eigenvalue weighted by molar-refractivity contribution is -0.137. The molecule has 3 rings (SSSR count). The number of allylic oxidation sites excluding steroid dienone is 1. The third-order valence-electron chi connectivity index (χ3n) is 5.63. The minimum Gasteiger partial charge on any atom is -0.481 e. The first kappa shape index (κ1) is 27.6. The Bertz CT molecular complexity index is 1130. The SMILES string of the molecule is CC/C(=C(\c1ccccc1)c1ccc(NC(=O)CCCSSCCCC(=O)O)cc1)c1ccccc1. The summed E-state index contributed by atoms with van der Waals surface area (Å²) in [6.07, 6.45) is 3.05. The van der Waals surface area contributed by atoms with Crippen LogP contribution < -0.4 is 5.32 Å². The third kappa shape index (κ3) is 8.92. The van der Waals surface area contributed by atoms with E-state index in [1.54, 1.807) is 21.6 Å². The Labute approximate surface area is 222 Å². The zero-order valence-corrected chi connectivity index (χ0v) is 22.2. The Kier molecular flexibility index (Phi) is 11.7. The average Bonchev–Trinajstić information content (AvgIpc) is 2.90. The summed E-state index contributed by atoms with van der Waals surface area (Å²) in [5, 5.41) is 11.7. The van der Waals surface area contributed by atoms with E-state index in [1.165, 1.54) is 22.3 Å². The van der Waals surface area contributed by atoms with Gasteiger partial charge in [0.15, 0.2) is 0 Å². The zero-order chi connectivity index (χ0) is 25.6. The molecule has 0 aromatic heterocycles. The molecule has 0 atom stereocenters. The normalized spacial score (nSPS) is 11.6. The van der Waals surface area contributed by atoms with Crippen molar-refractivity contribution in [3.05, 3.63) is 102 Å². The highest BCUT2D eigenvalue weighted by Gasteiger charge is 2.13. The Morgan fingerprint density at radius 1 is 0.722 bits per heavy atom. The predicted octanol–water partition coefficient (Wildman–Crippen LogP) is 8.02. The fourth-order valence-electron chi connectivity index (χ4n) is 3.92. The molecule has 3 aromatic carbocycles. The van der Waals surface area contributed by atoms with E-state index in [0.29, 0.717) is 12.8 Å². The summed E-state index contributed by atoms with van der Waals surface area (Å²) < 4.78 is 0. The standard InChI is InChI=1S/C30H33NO3S2/c1-2-27(23-11-5-3-6-12-23)30(24-13-7-4-8-14-24)25-17-19-26(20-18-25)31-28(32)15-9-21-35-36-22-10-16-29(33)34/h3-8,11-14,17-20H,2,9-10,15-16,21-22H2,1H3,(H,31,32)(H,33,34)/b30-27-. The van der Waals surface area contributed by atoms with E-state index in [4.69, 9.17) is 5.11 Å². The Morgan fingerprint density at radius 3 is 1.81 bits per heavy atom. The maximum Gasteiger partial charge on any atom is 0.303 e. The van der Waals surface area contributed by atoms with Crippen molar-refractivity contribution in [3.8, 4) is 0 Å². The summed E-state index contributed by atoms with van der Waals surface area (Å²) in [7, 11) is 3.37. The Hall–Kier alpha value is -2.96. The van der Waals surface area contributed by atoms with Gasteiger partial charge in [-0.2, -0.15) is 0 Å². The maximum atomic E-state index is 12.4. The largest absolute Gasteiger partial charge is 0.481 e. The topological polar surface area (TPSA) is 66.4 Å². The number of carboxylic acid groups (broad SMARTS) is 1. The van der Waals surface area contributed by atoms with Crippen molar-refractivity contribution in [2.45, 2.75) is 39.0 Å². The van der Waals surface area contributed by atoms with Gasteiger partial charge in [0.2, 0.25) is 5.91 Å². The first-order valence-electron chi connectivity index (χ1n) is 12.3. The van der Waals surface area contributed by atoms with Crippen LogP contribution in [0.25, 0.3) is 11.1 Å². The number of hydrogen-bond acceptors (Lipinski definition) is 4. The van der Waals surface area contributed by atoms with Crippen molar-refractivity contribution in [2.24, 2.45) is 0 Å². The summed E-state index contributed by atoms with van der Waals surface area (Å²) in [6.45, 7) is 2.19. The number of nitrogens with one attached hydrogen (secondary N) is 1. The predicted molar refractivity (Wildman–Crippen MR) is 155 cm³/mol. The van der Waals surface area contributed by atoms with Crippen LogP contribution in [0.15, 0.2) is 84.9 Å². The summed E-state index contributed by atoms with van der Waals surface area (Å²) in [4.78, 5) is 22.9. The van der Waals surface area contributed by atoms with E-state index in [9.17, 15) is 9.59 Å². The molecule has 0 saturated heterocycles. The number of amides is 1. The van der Waals surface area contributed by atoms with Crippen molar-refractivity contribution in [1.29, 1.82) is 0 Å². The Balaban J connectivity index is 1.62. The molecule has 2 N–H and O–H groups in total. The molecule has 188 valence electrons. The van der Waals surface area contributed by atoms with Crippen LogP contribution in [0.3, 0.4) is 0 Å². The maximum absolute atomic E-state index is 12.4. The molecule has 1 amide bonds. The number of anilines is 1. The van der Waals surface area contributed by atoms with Crippen LogP contribution in [0.1, 0.15) is 55.7 Å². The number of benzene rings is 3. The highest BCUT2D eigenvalue weighted by Crippen LogP contribution is 2.34. The van der Waals surface area contributed by atoms with E-state index in [2.05, 4.69) is 72.9 Å². The smallest absolute Gasteiger partial charge is 0.303 e. The third-order valence-corrected chi connectivity index (χ3v) is 8.21. The second-order valence-electron chi connectivity index (χ2n) is 8.31. The van der Waals surface area contributed by atoms with Gasteiger partial charge in [0.1, 0.15) is 0 Å². The molecule has 4 nitrogen and oxygen atoms in total. The molecule has 0 heterocycles. The minimum atomic E-state index is -0.750. The van der Waals surface area contributed by atoms with Crippen molar-refractivity contribution in [2.75, 3.05) is 16.8 Å². The lowest BCUT2D eigenvalue weighted by atomic mass is 9.88. The van der Waals surface area contributed by atoms with Gasteiger partial charge in [-0.1, -0.05) is 101 Å². The van der Waals surface area contributed by atoms with Gasteiger partial charge in [-0.15, -0.1) is 0 Å². The molecule has 0 aliphatic rings. The second-order valence-corrected chi connectivity index (χ2v) is 11.0. The van der Waals surface area contributed by atoms with Gasteiger partial charge in [0.25, 0.3) is 0 Å². The molecule has 0 aliphatic heterocycles. The number of hydrogen-bond donors (Lipinski definition) is 2. The van der Waals surface area contributed by atoms with Crippen molar-refractivity contribution < 1.29 is 14.7 Å². The van der Waals surface area contributed by atoms with Crippen molar-refractivity contribution in [3.63, 3.8) is 0 Å². The molecular weight excluding hydrogens is 486 g/mol. The van der Waals surface area contributed by atoms with E-state index in [-0.39, 0.29) is 12.3 Å². The molecule has 0 unspecified atom stereocenters. The number of carbonyl (C=O) groups excluding carboxylic acids is 1. The van der Waals surface area contributed by atoms with Gasteiger partial charge in [0, 0.05) is 30.0 Å². The highest BCUT2D eigenvalue weighted by molar-refractivity contribution is 8.76. The van der Waals surface area contributed by atoms with Gasteiger partial charge in [-0.05, 0) is 59.2 Å². The summed E-state index contributed by atoms with van der Waals surface area (Å²) in [5.74, 6) is 0.948. The number of rotatable bonds is 14. The van der Waals surface area contributed by atoms with E-state index >= 15 is 0 Å². The fraction of sp³-hybridized carbons (Fsp3) is 0.267. The van der Waals surface area contributed by atoms with E-state index < -0.39 is 5.97 Å². The quantitative estimate of drug-likeness (QED) is 0.128. The van der Waals surface area contributed by atoms with Crippen LogP contribution in [0.4, 0.5) is 5.69 Å². The Morgan fingerprint density at radius 2 is 1.25 bits per heavy atom. The molecule has 0 fully saturated rings. The van der Waals surface area contributed by atoms with E-state index in [1.807, 2.05) is 24.3 Å². The minimum absolute atomic E-state index is 0.0107. The monoisotopic (exact) mass is 519 g/mol. The molecular formula is C30H33NO3S2. The molecule has 0 spiro atoms. The van der Waals surface area contributed by atoms with Crippen LogP contribution in [0.5, 0.6) is 0 Å². The highest BCUT2D eigenvalue weighted by atomic mass is 33.1. The second kappa shape index (κ2) is 15.2. The first-order valence-corrected chi connectivity index (χ1v) is 14.8. The van der Waals surface area contributed by atoms with Crippen LogP contribution in [0.2, 0.25) is 0 Å². The molecule has 0 radical (unpaired) electrons. The zero-order valence-electron chi connectivity index (χ0n) is 20.6. The molecule has 0 bridgehead atoms. The summed E-state index contributed by atoms with van der Waals surface area (Å²) >= 11 is 0. The average molecular weight is 520 g/mol. The number of carbonyl (C=O) groups is 2. The summed E-state index contributed by atoms with van der Waals surface area (Å²) in [5.41, 5.74) is 6.81. The van der Waals surface area contributed by atoms with Crippen LogP contribution >= 0.6 is 21.6 Å². The van der Waals surface area contributed by atoms with Gasteiger partial charge < -0.3 is 10.4 Å². The van der Waals surface area contributed by atoms with Crippen LogP contribution in [-0.4, -0.2) is 28.5 Å². The summed E-state index contributed by atoms with van der Waals surface area (Å²) in [6, 6.07) is 29.1. The van der Waals surface area contributed by atoms with Gasteiger partial charge in [0.05, 0.1) is 0 Å². The lowest BCUT2D eigenvalue weighted by Gasteiger charge is -2.17. The molecule has 3 aromatic rings.